The van der Waals surface area contributed by atoms with E-state index in [9.17, 15) is 9.59 Å². The summed E-state index contributed by atoms with van der Waals surface area (Å²) in [6.07, 6.45) is 5.05. The predicted molar refractivity (Wildman–Crippen MR) is 112 cm³/mol. The van der Waals surface area contributed by atoms with Gasteiger partial charge < -0.3 is 14.4 Å². The van der Waals surface area contributed by atoms with Gasteiger partial charge in [-0.2, -0.15) is 0 Å². The van der Waals surface area contributed by atoms with E-state index in [0.717, 1.165) is 63.0 Å². The summed E-state index contributed by atoms with van der Waals surface area (Å²) in [6.45, 7) is 5.04. The average molecular weight is 395 g/mol. The zero-order valence-corrected chi connectivity index (χ0v) is 17.4. The molecule has 2 aromatic rings. The number of likely N-dealkylation sites (tertiary alicyclic amines) is 1. The Bertz CT molecular complexity index is 890. The van der Waals surface area contributed by atoms with Gasteiger partial charge in [-0.25, -0.2) is 4.98 Å². The van der Waals surface area contributed by atoms with Crippen LogP contribution in [0.1, 0.15) is 65.0 Å². The summed E-state index contributed by atoms with van der Waals surface area (Å²) in [7, 11) is 1.80. The molecule has 2 aliphatic heterocycles. The maximum Gasteiger partial charge on any atom is 0.289 e. The standard InChI is InChI=1S/C23H30N4O2/c1-17-9-8-13-26(15-17)23(29)21-24-20(19-12-6-7-14-27(19)21)22(28)25(2)16-18-10-4-3-5-11-18/h3-5,10-11,17H,6-9,12-16H2,1-2H3. The van der Waals surface area contributed by atoms with Gasteiger partial charge in [-0.1, -0.05) is 37.3 Å². The normalized spacial score (nSPS) is 19.0. The Morgan fingerprint density at radius 3 is 2.69 bits per heavy atom. The number of piperidine rings is 1. The van der Waals surface area contributed by atoms with Gasteiger partial charge in [0, 0.05) is 33.2 Å². The molecule has 0 saturated carbocycles. The van der Waals surface area contributed by atoms with Crippen LogP contribution in [0.4, 0.5) is 0 Å². The van der Waals surface area contributed by atoms with E-state index in [4.69, 9.17) is 0 Å². The van der Waals surface area contributed by atoms with E-state index >= 15 is 0 Å². The summed E-state index contributed by atoms with van der Waals surface area (Å²) in [5.41, 5.74) is 2.46. The van der Waals surface area contributed by atoms with Crippen LogP contribution < -0.4 is 0 Å². The van der Waals surface area contributed by atoms with Crippen molar-refractivity contribution in [3.8, 4) is 0 Å². The van der Waals surface area contributed by atoms with Crippen LogP contribution in [0.3, 0.4) is 0 Å². The second-order valence-electron chi connectivity index (χ2n) is 8.48. The third-order valence-corrected chi connectivity index (χ3v) is 6.07. The molecule has 2 amide bonds. The Balaban J connectivity index is 1.60. The Hall–Kier alpha value is -2.63. The van der Waals surface area contributed by atoms with Crippen LogP contribution in [-0.2, 0) is 19.5 Å². The molecule has 1 atom stereocenters. The van der Waals surface area contributed by atoms with Gasteiger partial charge in [-0.05, 0) is 43.6 Å². The molecule has 29 heavy (non-hydrogen) atoms. The van der Waals surface area contributed by atoms with Gasteiger partial charge in [0.15, 0.2) is 5.82 Å². The predicted octanol–water partition coefficient (Wildman–Crippen LogP) is 3.36. The van der Waals surface area contributed by atoms with Crippen LogP contribution in [-0.4, -0.2) is 51.3 Å². The van der Waals surface area contributed by atoms with Crippen LogP contribution in [0.5, 0.6) is 0 Å². The summed E-state index contributed by atoms with van der Waals surface area (Å²) in [6, 6.07) is 9.94. The van der Waals surface area contributed by atoms with E-state index in [-0.39, 0.29) is 11.8 Å². The Labute approximate surface area is 172 Å². The zero-order chi connectivity index (χ0) is 20.4. The van der Waals surface area contributed by atoms with Gasteiger partial charge in [-0.3, -0.25) is 9.59 Å². The summed E-state index contributed by atoms with van der Waals surface area (Å²) in [5, 5.41) is 0. The number of fused-ring (bicyclic) bond motifs is 1. The number of benzene rings is 1. The number of rotatable bonds is 4. The molecule has 4 rings (SSSR count). The van der Waals surface area contributed by atoms with E-state index in [1.54, 1.807) is 11.9 Å². The number of aromatic nitrogens is 2. The Morgan fingerprint density at radius 2 is 1.93 bits per heavy atom. The third kappa shape index (κ3) is 4.07. The van der Waals surface area contributed by atoms with Crippen molar-refractivity contribution < 1.29 is 9.59 Å². The minimum atomic E-state index is -0.106. The lowest BCUT2D eigenvalue weighted by molar-refractivity contribution is 0.0664. The molecular formula is C23H30N4O2. The zero-order valence-electron chi connectivity index (χ0n) is 17.4. The molecule has 0 spiro atoms. The van der Waals surface area contributed by atoms with Crippen molar-refractivity contribution in [2.75, 3.05) is 20.1 Å². The number of hydrogen-bond acceptors (Lipinski definition) is 3. The molecule has 1 aromatic heterocycles. The van der Waals surface area contributed by atoms with E-state index in [1.807, 2.05) is 39.8 Å². The van der Waals surface area contributed by atoms with Crippen molar-refractivity contribution in [2.45, 2.75) is 52.1 Å². The monoisotopic (exact) mass is 394 g/mol. The molecule has 0 N–H and O–H groups in total. The first-order chi connectivity index (χ1) is 14.0. The van der Waals surface area contributed by atoms with Crippen LogP contribution in [0, 0.1) is 5.92 Å². The highest BCUT2D eigenvalue weighted by atomic mass is 16.2. The molecule has 1 aromatic carbocycles. The van der Waals surface area contributed by atoms with Crippen LogP contribution >= 0.6 is 0 Å². The molecule has 2 aliphatic rings. The molecule has 0 aliphatic carbocycles. The van der Waals surface area contributed by atoms with E-state index in [2.05, 4.69) is 11.9 Å². The number of hydrogen-bond donors (Lipinski definition) is 0. The van der Waals surface area contributed by atoms with Crippen molar-refractivity contribution in [3.63, 3.8) is 0 Å². The van der Waals surface area contributed by atoms with E-state index in [0.29, 0.717) is 24.0 Å². The number of amides is 2. The lowest BCUT2D eigenvalue weighted by atomic mass is 10.0. The molecule has 0 bridgehead atoms. The maximum atomic E-state index is 13.2. The molecule has 1 fully saturated rings. The molecular weight excluding hydrogens is 364 g/mol. The van der Waals surface area contributed by atoms with Crippen molar-refractivity contribution in [2.24, 2.45) is 5.92 Å². The summed E-state index contributed by atoms with van der Waals surface area (Å²) in [5.74, 6) is 0.835. The summed E-state index contributed by atoms with van der Waals surface area (Å²) in [4.78, 5) is 34.7. The van der Waals surface area contributed by atoms with Gasteiger partial charge in [0.1, 0.15) is 5.69 Å². The van der Waals surface area contributed by atoms with Gasteiger partial charge >= 0.3 is 0 Å². The fourth-order valence-electron chi connectivity index (χ4n) is 4.50. The highest BCUT2D eigenvalue weighted by Crippen LogP contribution is 2.25. The highest BCUT2D eigenvalue weighted by Gasteiger charge is 2.32. The van der Waals surface area contributed by atoms with Crippen molar-refractivity contribution >= 4 is 11.8 Å². The number of carbonyl (C=O) groups is 2. The first-order valence-corrected chi connectivity index (χ1v) is 10.7. The highest BCUT2D eigenvalue weighted by molar-refractivity contribution is 5.97. The largest absolute Gasteiger partial charge is 0.336 e. The SMILES string of the molecule is CC1CCCN(C(=O)c2nc(C(=O)N(C)Cc3ccccc3)c3n2CCCC3)C1. The Morgan fingerprint density at radius 1 is 1.14 bits per heavy atom. The molecule has 6 nitrogen and oxygen atoms in total. The van der Waals surface area contributed by atoms with E-state index < -0.39 is 0 Å². The molecule has 154 valence electrons. The number of imidazole rings is 1. The van der Waals surface area contributed by atoms with Gasteiger partial charge in [0.2, 0.25) is 0 Å². The van der Waals surface area contributed by atoms with Crippen molar-refractivity contribution in [1.82, 2.24) is 19.4 Å². The second kappa shape index (κ2) is 8.39. The van der Waals surface area contributed by atoms with Gasteiger partial charge in [0.05, 0.1) is 5.69 Å². The van der Waals surface area contributed by atoms with Gasteiger partial charge in [-0.15, -0.1) is 0 Å². The average Bonchev–Trinajstić information content (AvgIpc) is 3.13. The molecule has 3 heterocycles. The fourth-order valence-corrected chi connectivity index (χ4v) is 4.50. The minimum absolute atomic E-state index is 0.0236. The minimum Gasteiger partial charge on any atom is -0.336 e. The lowest BCUT2D eigenvalue weighted by Gasteiger charge is -2.31. The first kappa shape index (κ1) is 19.7. The summed E-state index contributed by atoms with van der Waals surface area (Å²) < 4.78 is 2.01. The fraction of sp³-hybridized carbons (Fsp3) is 0.522. The topological polar surface area (TPSA) is 58.4 Å². The van der Waals surface area contributed by atoms with Crippen LogP contribution in [0.2, 0.25) is 0 Å². The molecule has 1 unspecified atom stereocenters. The van der Waals surface area contributed by atoms with Gasteiger partial charge in [0.25, 0.3) is 11.8 Å². The quantitative estimate of drug-likeness (QED) is 0.799. The lowest BCUT2D eigenvalue weighted by Crippen LogP contribution is -2.40. The van der Waals surface area contributed by atoms with E-state index in [1.165, 1.54) is 0 Å². The maximum absolute atomic E-state index is 13.2. The molecule has 6 heteroatoms. The molecule has 1 saturated heterocycles. The van der Waals surface area contributed by atoms with Crippen molar-refractivity contribution in [1.29, 1.82) is 0 Å². The first-order valence-electron chi connectivity index (χ1n) is 10.7. The molecule has 0 radical (unpaired) electrons. The Kier molecular flexibility index (Phi) is 5.69. The number of nitrogens with zero attached hydrogens (tertiary/aromatic N) is 4. The second-order valence-corrected chi connectivity index (χ2v) is 8.48. The third-order valence-electron chi connectivity index (χ3n) is 6.07. The summed E-state index contributed by atoms with van der Waals surface area (Å²) >= 11 is 0. The van der Waals surface area contributed by atoms with Crippen LogP contribution in [0.25, 0.3) is 0 Å². The van der Waals surface area contributed by atoms with Crippen LogP contribution in [0.15, 0.2) is 30.3 Å². The van der Waals surface area contributed by atoms with Crippen molar-refractivity contribution in [3.05, 3.63) is 53.1 Å². The smallest absolute Gasteiger partial charge is 0.289 e. The number of carbonyl (C=O) groups excluding carboxylic acids is 2.